The highest BCUT2D eigenvalue weighted by atomic mass is 19.4. The summed E-state index contributed by atoms with van der Waals surface area (Å²) in [6.07, 6.45) is -0.449. The number of furan rings is 1. The number of carbonyl (C=O) groups is 1. The zero-order chi connectivity index (χ0) is 22.2. The fourth-order valence-electron chi connectivity index (χ4n) is 6.20. The molecule has 1 saturated heterocycles. The normalized spacial score (nSPS) is 31.9. The van der Waals surface area contributed by atoms with Crippen molar-refractivity contribution in [2.24, 2.45) is 10.8 Å². The van der Waals surface area contributed by atoms with Crippen LogP contribution in [0.2, 0.25) is 0 Å². The Labute approximate surface area is 178 Å². The van der Waals surface area contributed by atoms with Crippen LogP contribution < -0.4 is 5.32 Å². The highest BCUT2D eigenvalue weighted by Gasteiger charge is 2.52. The molecule has 1 aliphatic carbocycles. The number of alkyl halides is 3. The molecule has 0 radical (unpaired) electrons. The van der Waals surface area contributed by atoms with Crippen molar-refractivity contribution in [3.05, 3.63) is 35.9 Å². The number of likely N-dealkylation sites (tertiary alicyclic amines) is 1. The molecule has 168 valence electrons. The summed E-state index contributed by atoms with van der Waals surface area (Å²) >= 11 is 0. The molecule has 1 saturated carbocycles. The third-order valence-electron chi connectivity index (χ3n) is 6.97. The zero-order valence-electron chi connectivity index (χ0n) is 17.9. The van der Waals surface area contributed by atoms with E-state index >= 15 is 0 Å². The molecule has 9 heteroatoms. The Morgan fingerprint density at radius 1 is 1.29 bits per heavy atom. The van der Waals surface area contributed by atoms with Crippen molar-refractivity contribution in [3.63, 3.8) is 0 Å². The predicted octanol–water partition coefficient (Wildman–Crippen LogP) is 5.18. The minimum atomic E-state index is -4.49. The van der Waals surface area contributed by atoms with Gasteiger partial charge in [-0.3, -0.25) is 4.79 Å². The number of anilines is 1. The second kappa shape index (κ2) is 6.53. The molecule has 4 atom stereocenters. The summed E-state index contributed by atoms with van der Waals surface area (Å²) in [6.45, 7) is 7.25. The average molecular weight is 436 g/mol. The van der Waals surface area contributed by atoms with E-state index in [1.54, 1.807) is 12.1 Å². The van der Waals surface area contributed by atoms with Gasteiger partial charge in [-0.25, -0.2) is 4.68 Å². The molecule has 0 spiro atoms. The number of amides is 1. The van der Waals surface area contributed by atoms with E-state index in [0.717, 1.165) is 23.9 Å². The first-order valence-corrected chi connectivity index (χ1v) is 10.7. The van der Waals surface area contributed by atoms with Crippen LogP contribution in [0, 0.1) is 10.8 Å². The fraction of sp³-hybridized carbons (Fsp3) is 0.636. The van der Waals surface area contributed by atoms with Gasteiger partial charge in [0, 0.05) is 25.1 Å². The molecule has 0 aromatic carbocycles. The number of fused-ring (bicyclic) bond motifs is 3. The molecular formula is C22H27F3N4O2. The van der Waals surface area contributed by atoms with Gasteiger partial charge in [0.05, 0.1) is 12.3 Å². The maximum Gasteiger partial charge on any atom is 0.410 e. The Bertz CT molecular complexity index is 997. The maximum absolute atomic E-state index is 13.8. The maximum atomic E-state index is 13.8. The minimum Gasteiger partial charge on any atom is -0.467 e. The summed E-state index contributed by atoms with van der Waals surface area (Å²) in [5.74, 6) is 0.329. The highest BCUT2D eigenvalue weighted by molar-refractivity contribution is 5.93. The van der Waals surface area contributed by atoms with Crippen LogP contribution in [0.25, 0.3) is 0 Å². The van der Waals surface area contributed by atoms with Gasteiger partial charge in [0.15, 0.2) is 11.7 Å². The van der Waals surface area contributed by atoms with E-state index in [4.69, 9.17) is 4.42 Å². The van der Waals surface area contributed by atoms with Crippen molar-refractivity contribution in [1.82, 2.24) is 14.7 Å². The van der Waals surface area contributed by atoms with Crippen LogP contribution in [0.4, 0.5) is 19.0 Å². The summed E-state index contributed by atoms with van der Waals surface area (Å²) < 4.78 is 47.8. The third kappa shape index (κ3) is 3.51. The third-order valence-corrected chi connectivity index (χ3v) is 6.97. The highest BCUT2D eigenvalue weighted by Crippen LogP contribution is 2.53. The molecule has 2 bridgehead atoms. The largest absolute Gasteiger partial charge is 0.467 e. The fourth-order valence-corrected chi connectivity index (χ4v) is 6.20. The van der Waals surface area contributed by atoms with E-state index in [2.05, 4.69) is 31.2 Å². The number of hydrogen-bond donors (Lipinski definition) is 1. The standard InChI is InChI=1S/C22H27F3N4O2/c1-20(2)9-13-10-21(3,11-20)12-28(13)19(30)15-8-18-26-14(16-5-4-6-31-16)7-17(22(23,24)25)29(18)27-15/h4-6,8,13-14,17,26H,7,9-12H2,1-3H3/t13-,14-,17+,21+/m1/s1. The molecule has 6 nitrogen and oxygen atoms in total. The molecule has 4 heterocycles. The molecule has 3 aliphatic rings. The number of aromatic nitrogens is 2. The zero-order valence-corrected chi connectivity index (χ0v) is 17.9. The molecule has 1 amide bonds. The first-order chi connectivity index (χ1) is 14.4. The Kier molecular flexibility index (Phi) is 4.31. The number of hydrogen-bond acceptors (Lipinski definition) is 4. The molecule has 2 fully saturated rings. The van der Waals surface area contributed by atoms with Crippen molar-refractivity contribution in [2.45, 2.75) is 70.8 Å². The average Bonchev–Trinajstić information content (AvgIpc) is 3.35. The number of nitrogens with zero attached hydrogens (tertiary/aromatic N) is 3. The van der Waals surface area contributed by atoms with Crippen molar-refractivity contribution in [3.8, 4) is 0 Å². The molecule has 5 rings (SSSR count). The summed E-state index contributed by atoms with van der Waals surface area (Å²) in [4.78, 5) is 15.2. The summed E-state index contributed by atoms with van der Waals surface area (Å²) in [5, 5.41) is 7.21. The lowest BCUT2D eigenvalue weighted by molar-refractivity contribution is -0.174. The number of rotatable bonds is 2. The molecule has 1 N–H and O–H groups in total. The van der Waals surface area contributed by atoms with Gasteiger partial charge in [0.2, 0.25) is 0 Å². The van der Waals surface area contributed by atoms with E-state index in [1.165, 1.54) is 12.3 Å². The van der Waals surface area contributed by atoms with Crippen LogP contribution in [0.15, 0.2) is 28.9 Å². The monoisotopic (exact) mass is 436 g/mol. The van der Waals surface area contributed by atoms with Crippen LogP contribution in [0.1, 0.15) is 74.8 Å². The lowest BCUT2D eigenvalue weighted by Gasteiger charge is -2.39. The molecule has 0 unspecified atom stereocenters. The molecule has 2 aromatic heterocycles. The summed E-state index contributed by atoms with van der Waals surface area (Å²) in [5.41, 5.74) is 0.239. The number of carbonyl (C=O) groups excluding carboxylic acids is 1. The Hall–Kier alpha value is -2.45. The van der Waals surface area contributed by atoms with Gasteiger partial charge in [-0.1, -0.05) is 20.8 Å². The lowest BCUT2D eigenvalue weighted by Crippen LogP contribution is -2.38. The molecule has 2 aliphatic heterocycles. The Morgan fingerprint density at radius 2 is 2.06 bits per heavy atom. The van der Waals surface area contributed by atoms with E-state index in [0.29, 0.717) is 12.3 Å². The van der Waals surface area contributed by atoms with Gasteiger partial charge in [-0.2, -0.15) is 18.3 Å². The molecule has 2 aromatic rings. The first-order valence-electron chi connectivity index (χ1n) is 10.7. The van der Waals surface area contributed by atoms with Crippen LogP contribution in [-0.4, -0.2) is 39.4 Å². The van der Waals surface area contributed by atoms with E-state index < -0.39 is 18.3 Å². The van der Waals surface area contributed by atoms with Crippen molar-refractivity contribution in [1.29, 1.82) is 0 Å². The van der Waals surface area contributed by atoms with Gasteiger partial charge >= 0.3 is 6.18 Å². The van der Waals surface area contributed by atoms with Crippen molar-refractivity contribution < 1.29 is 22.4 Å². The van der Waals surface area contributed by atoms with Gasteiger partial charge in [0.1, 0.15) is 11.6 Å². The van der Waals surface area contributed by atoms with E-state index in [-0.39, 0.29) is 40.7 Å². The smallest absolute Gasteiger partial charge is 0.410 e. The predicted molar refractivity (Wildman–Crippen MR) is 108 cm³/mol. The van der Waals surface area contributed by atoms with Gasteiger partial charge in [-0.15, -0.1) is 0 Å². The Morgan fingerprint density at radius 3 is 2.74 bits per heavy atom. The van der Waals surface area contributed by atoms with Crippen LogP contribution in [-0.2, 0) is 0 Å². The van der Waals surface area contributed by atoms with Crippen LogP contribution >= 0.6 is 0 Å². The Balaban J connectivity index is 1.46. The molecular weight excluding hydrogens is 409 g/mol. The topological polar surface area (TPSA) is 63.3 Å². The second-order valence-corrected chi connectivity index (χ2v) is 10.5. The summed E-state index contributed by atoms with van der Waals surface area (Å²) in [7, 11) is 0. The van der Waals surface area contributed by atoms with Crippen LogP contribution in [0.3, 0.4) is 0 Å². The van der Waals surface area contributed by atoms with Crippen LogP contribution in [0.5, 0.6) is 0 Å². The van der Waals surface area contributed by atoms with E-state index in [9.17, 15) is 18.0 Å². The number of halogens is 3. The summed E-state index contributed by atoms with van der Waals surface area (Å²) in [6, 6.07) is 2.38. The van der Waals surface area contributed by atoms with Crippen molar-refractivity contribution >= 4 is 11.7 Å². The van der Waals surface area contributed by atoms with E-state index in [1.807, 2.05) is 4.90 Å². The quantitative estimate of drug-likeness (QED) is 0.705. The molecule has 31 heavy (non-hydrogen) atoms. The minimum absolute atomic E-state index is 0.0402. The second-order valence-electron chi connectivity index (χ2n) is 10.5. The lowest BCUT2D eigenvalue weighted by atomic mass is 9.65. The van der Waals surface area contributed by atoms with Gasteiger partial charge < -0.3 is 14.6 Å². The number of nitrogens with one attached hydrogen (secondary N) is 1. The van der Waals surface area contributed by atoms with Gasteiger partial charge in [0.25, 0.3) is 5.91 Å². The SMILES string of the molecule is CC1(C)C[C@@H]2C[C@](C)(CN2C(=O)c2cc3n(n2)[C@H](C(F)(F)F)C[C@H](c2ccco2)N3)C1. The first kappa shape index (κ1) is 20.5. The van der Waals surface area contributed by atoms with Crippen molar-refractivity contribution in [2.75, 3.05) is 11.9 Å². The van der Waals surface area contributed by atoms with Gasteiger partial charge in [-0.05, 0) is 42.2 Å².